The van der Waals surface area contributed by atoms with Crippen molar-refractivity contribution < 1.29 is 281 Å². The molecule has 0 bridgehead atoms. The van der Waals surface area contributed by atoms with Crippen molar-refractivity contribution in [3.63, 3.8) is 0 Å². The smallest absolute Gasteiger partial charge is 7.00 e. The van der Waals surface area contributed by atoms with Crippen LogP contribution in [0.2, 0.25) is 0 Å². The molecule has 42 nitrogen and oxygen atoms in total. The van der Waals surface area contributed by atoms with E-state index in [2.05, 4.69) is 0 Å². The van der Waals surface area contributed by atoms with Crippen LogP contribution in [0.4, 0.5) is 0 Å². The first kappa shape index (κ1) is 109. The Morgan fingerprint density at radius 1 is 0.149 bits per heavy atom. The van der Waals surface area contributed by atoms with Crippen LogP contribution in [0.1, 0.15) is 0 Å². The van der Waals surface area contributed by atoms with Crippen molar-refractivity contribution in [2.45, 2.75) is 23.9 Å². The third kappa shape index (κ3) is 61.2. The van der Waals surface area contributed by atoms with E-state index in [1.807, 2.05) is 0 Å². The second-order valence-corrected chi connectivity index (χ2v) is 66.3. The maximum atomic E-state index is 9.90. The zero-order valence-corrected chi connectivity index (χ0v) is 72.4. The van der Waals surface area contributed by atoms with Crippen LogP contribution >= 0.6 is 106 Å². The average Bonchev–Trinajstić information content (AvgIpc) is 3.01. The summed E-state index contributed by atoms with van der Waals surface area (Å²) < 4.78 is 123. The first-order valence-corrected chi connectivity index (χ1v) is 47.4. The van der Waals surface area contributed by atoms with E-state index in [0.717, 1.165) is 0 Å². The molecule has 67 heteroatoms. The zero-order valence-electron chi connectivity index (χ0n) is 32.5. The quantitative estimate of drug-likeness (QED) is 0.115. The molecule has 0 spiro atoms. The minimum absolute atomic E-state index is 0. The van der Waals surface area contributed by atoms with E-state index in [0.29, 0.717) is 0 Å². The van der Waals surface area contributed by atoms with Gasteiger partial charge in [-0.15, -0.1) is 0 Å². The van der Waals surface area contributed by atoms with E-state index < -0.39 is 130 Å². The summed E-state index contributed by atoms with van der Waals surface area (Å²) in [7, 11) is -73.2. The summed E-state index contributed by atoms with van der Waals surface area (Å²) in [6, 6.07) is 0. The fourth-order valence-electron chi connectivity index (χ4n) is 1.21. The molecule has 0 saturated heterocycles. The van der Waals surface area contributed by atoms with E-state index in [1.165, 1.54) is 0 Å². The van der Waals surface area contributed by atoms with E-state index in [1.54, 1.807) is 0 Å². The second-order valence-electron chi connectivity index (χ2n) is 10.2. The Labute approximate surface area is 560 Å². The summed E-state index contributed by atoms with van der Waals surface area (Å²) in [6.07, 6.45) is 0. The van der Waals surface area contributed by atoms with Crippen molar-refractivity contribution in [3.8, 4) is 0 Å². The number of hydrogen-bond acceptors (Lipinski definition) is 42. The molecule has 0 heterocycles. The van der Waals surface area contributed by atoms with Gasteiger partial charge in [0.1, 0.15) is 0 Å². The molecule has 0 unspecified atom stereocenters. The number of rotatable bonds is 14. The van der Waals surface area contributed by atoms with Crippen molar-refractivity contribution >= 4 is 264 Å². The van der Waals surface area contributed by atoms with Crippen LogP contribution < -0.4 is 137 Å². The van der Waals surface area contributed by atoms with Crippen molar-refractivity contribution in [2.24, 2.45) is 0 Å². The molecule has 0 atom stereocenters. The summed E-state index contributed by atoms with van der Waals surface area (Å²) in [5, 5.41) is 0. The average molecular weight is 2420 g/mol. The minimum Gasteiger partial charge on any atom is 7.00 e. The zero-order chi connectivity index (χ0) is 60.0. The summed E-state index contributed by atoms with van der Waals surface area (Å²) in [4.78, 5) is 277. The van der Waals surface area contributed by atoms with Crippen molar-refractivity contribution in [3.05, 3.63) is 0 Å². The largest absolute Gasteiger partial charge is 7.00 e. The van der Waals surface area contributed by atoms with Gasteiger partial charge < -0.3 is 0 Å². The topological polar surface area (TPSA) is 885 Å². The molecule has 0 aliphatic heterocycles. The van der Waals surface area contributed by atoms with Gasteiger partial charge in [0, 0.05) is 0 Å². The summed E-state index contributed by atoms with van der Waals surface area (Å²) >= 11 is -0.755. The molecule has 0 rings (SSSR count). The molecule has 74 heavy (non-hydrogen) atoms. The van der Waals surface area contributed by atoms with Crippen LogP contribution in [0.15, 0.2) is 0 Å². The van der Waals surface area contributed by atoms with Crippen LogP contribution in [0.5, 0.6) is 0 Å². The molecular weight excluding hydrogens is 2410 g/mol. The monoisotopic (exact) mass is 2420 g/mol. The molecule has 0 aromatic heterocycles. The Hall–Kier alpha value is 10.3. The fraction of sp³-hybridized carbons (Fsp3) is 1.00. The summed E-state index contributed by atoms with van der Waals surface area (Å²) in [5.41, 5.74) is 0. The molecule has 21 radical (unpaired) electrons. The SMILES string of the molecule is O=P([O-])([O-])[CH]([Sn])P(=O)([O-])[O-].O=P([O-])([O-])[CH]([Sn])P(=O)([O-])[O-].O=P([O-])([O-])[CH]([Sn])P(=O)([O-])[O-].O=P([O-])([O-])[CH]([Sn])P(=O)([O-])[O-].O=P([O-])([O-])[CH]([Sn])P(=O)([O-])[O-].O=P([O-])([O-])[CH]([Sn])P(=O)([O-])[O-].O=P([O-])([O-])[CH]([Sn])P(=O)([O-])[O-].[Tc+7].[Tc+7].[Tc+7].[Tc+7]. The van der Waals surface area contributed by atoms with Gasteiger partial charge in [-0.1, -0.05) is 0 Å². The van der Waals surface area contributed by atoms with Crippen LogP contribution in [-0.2, 0) is 144 Å². The Balaban J connectivity index is -0.0000000689. The third-order valence-corrected chi connectivity index (χ3v) is 62.4. The molecule has 0 fully saturated rings. The van der Waals surface area contributed by atoms with Crippen LogP contribution in [-0.4, -0.2) is 182 Å². The molecule has 0 aliphatic rings. The molecule has 0 saturated carbocycles. The summed E-state index contributed by atoms with van der Waals surface area (Å²) in [5.74, 6) is 0. The van der Waals surface area contributed by atoms with E-state index in [9.17, 15) is 201 Å². The van der Waals surface area contributed by atoms with Gasteiger partial charge in [-0.05, 0) is 0 Å². The Morgan fingerprint density at radius 3 is 0.176 bits per heavy atom. The molecule has 0 aliphatic carbocycles. The maximum Gasteiger partial charge on any atom is 7.00 e. The fourth-order valence-corrected chi connectivity index (χ4v) is 10.9. The maximum absolute atomic E-state index is 9.90. The van der Waals surface area contributed by atoms with Gasteiger partial charge >= 0.3 is 569 Å². The minimum atomic E-state index is -5.23. The normalized spacial score (nSPS) is 13.4. The van der Waals surface area contributed by atoms with Crippen LogP contribution in [0.25, 0.3) is 0 Å². The second kappa shape index (κ2) is 42.4. The summed E-state index contributed by atoms with van der Waals surface area (Å²) in [6.45, 7) is 0. The van der Waals surface area contributed by atoms with Gasteiger partial charge in [0.15, 0.2) is 0 Å². The molecule has 0 amide bonds. The van der Waals surface area contributed by atoms with Gasteiger partial charge in [-0.25, -0.2) is 0 Å². The van der Waals surface area contributed by atoms with Gasteiger partial charge in [0.05, 0.1) is 0 Å². The van der Waals surface area contributed by atoms with Crippen molar-refractivity contribution in [2.75, 3.05) is 0 Å². The van der Waals surface area contributed by atoms with Crippen molar-refractivity contribution in [1.29, 1.82) is 0 Å². The van der Waals surface area contributed by atoms with Crippen LogP contribution in [0.3, 0.4) is 0 Å². The molecule has 0 aromatic carbocycles. The molecular formula is C7H7O42P14Sn7Tc4. The predicted octanol–water partition coefficient (Wildman–Crippen LogP) is -26.1. The van der Waals surface area contributed by atoms with Gasteiger partial charge in [-0.3, -0.25) is 0 Å². The van der Waals surface area contributed by atoms with Gasteiger partial charge in [0.25, 0.3) is 0 Å². The Bertz CT molecular complexity index is 1720. The molecule has 413 valence electrons. The number of hydrogen-bond donors (Lipinski definition) is 0. The van der Waals surface area contributed by atoms with Gasteiger partial charge in [-0.2, -0.15) is 0 Å². The van der Waals surface area contributed by atoms with E-state index in [4.69, 9.17) is 0 Å². The van der Waals surface area contributed by atoms with E-state index >= 15 is 0 Å². The molecule has 0 N–H and O–H groups in total. The first-order chi connectivity index (χ1) is 29.1. The van der Waals surface area contributed by atoms with Crippen LogP contribution in [0, 0.1) is 0 Å². The Morgan fingerprint density at radius 2 is 0.176 bits per heavy atom. The van der Waals surface area contributed by atoms with Crippen molar-refractivity contribution in [1.82, 2.24) is 0 Å². The van der Waals surface area contributed by atoms with Gasteiger partial charge in [0.2, 0.25) is 0 Å². The first-order valence-electron chi connectivity index (χ1n) is 13.3. The third-order valence-electron chi connectivity index (χ3n) is 4.19. The molecule has 0 aromatic rings. The van der Waals surface area contributed by atoms with E-state index in [-0.39, 0.29) is 238 Å². The predicted molar refractivity (Wildman–Crippen MR) is 173 cm³/mol. The Kier molecular flexibility index (Phi) is 62.4. The standard InChI is InChI=1S/7CH5O6P2.7Sn.4Tc/c7*2-8(3,4)1-9(5,6)7;;;;;;;;;;;/h7*1H,(H2,2,3,4)(H2,5,6,7);;;;;;;;;;;/q;;;;;;;;;;;;;;4*+7/p-28.